The third kappa shape index (κ3) is 4.53. The highest BCUT2D eigenvalue weighted by atomic mass is 32.2. The predicted octanol–water partition coefficient (Wildman–Crippen LogP) is 4.20. The predicted molar refractivity (Wildman–Crippen MR) is 119 cm³/mol. The monoisotopic (exact) mass is 406 g/mol. The topological polar surface area (TPSA) is 58.1 Å². The lowest BCUT2D eigenvalue weighted by molar-refractivity contribution is -0.119. The van der Waals surface area contributed by atoms with E-state index in [2.05, 4.69) is 41.4 Å². The number of benzene rings is 2. The van der Waals surface area contributed by atoms with Crippen LogP contribution in [0.5, 0.6) is 0 Å². The Bertz CT molecular complexity index is 1020. The van der Waals surface area contributed by atoms with Crippen LogP contribution >= 0.6 is 11.8 Å². The van der Waals surface area contributed by atoms with Crippen LogP contribution in [0.4, 0.5) is 5.95 Å². The molecule has 0 saturated carbocycles. The van der Waals surface area contributed by atoms with Crippen molar-refractivity contribution in [3.05, 3.63) is 59.7 Å². The summed E-state index contributed by atoms with van der Waals surface area (Å²) in [5.74, 6) is 1.14. The maximum atomic E-state index is 12.3. The van der Waals surface area contributed by atoms with Crippen molar-refractivity contribution in [1.29, 1.82) is 0 Å². The fraction of sp³-hybridized carbons (Fsp3) is 0.348. The molecule has 0 aliphatic carbocycles. The fourth-order valence-electron chi connectivity index (χ4n) is 3.51. The number of carbonyl (C=O) groups is 1. The van der Waals surface area contributed by atoms with Crippen molar-refractivity contribution in [2.45, 2.75) is 44.3 Å². The minimum Gasteiger partial charge on any atom is -0.353 e. The third-order valence-corrected chi connectivity index (χ3v) is 6.32. The second-order valence-electron chi connectivity index (χ2n) is 7.45. The van der Waals surface area contributed by atoms with Gasteiger partial charge in [0.25, 0.3) is 0 Å². The number of para-hydroxylation sites is 1. The molecule has 1 aliphatic heterocycles. The summed E-state index contributed by atoms with van der Waals surface area (Å²) in [4.78, 5) is 24.2. The Hall–Kier alpha value is -2.60. The molecule has 1 aromatic heterocycles. The van der Waals surface area contributed by atoms with Crippen LogP contribution in [0.15, 0.2) is 53.6 Å². The lowest BCUT2D eigenvalue weighted by Crippen LogP contribution is -2.33. The first-order chi connectivity index (χ1) is 14.1. The van der Waals surface area contributed by atoms with Crippen molar-refractivity contribution in [2.75, 3.05) is 17.2 Å². The molecule has 0 unspecified atom stereocenters. The number of rotatable bonds is 6. The van der Waals surface area contributed by atoms with Gasteiger partial charge in [-0.15, -0.1) is 0 Å². The molecule has 6 heteroatoms. The summed E-state index contributed by atoms with van der Waals surface area (Å²) in [7, 11) is 0. The molecule has 1 N–H and O–H groups in total. The average Bonchev–Trinajstić information content (AvgIpc) is 2.76. The molecule has 1 aliphatic rings. The lowest BCUT2D eigenvalue weighted by Gasteiger charge is -2.29. The first-order valence-corrected chi connectivity index (χ1v) is 11.1. The highest BCUT2D eigenvalue weighted by Gasteiger charge is 2.20. The van der Waals surface area contributed by atoms with Gasteiger partial charge >= 0.3 is 0 Å². The van der Waals surface area contributed by atoms with Gasteiger partial charge in [-0.25, -0.2) is 9.97 Å². The highest BCUT2D eigenvalue weighted by Crippen LogP contribution is 2.29. The molecule has 5 nitrogen and oxygen atoms in total. The molecule has 0 saturated heterocycles. The summed E-state index contributed by atoms with van der Waals surface area (Å²) in [6.45, 7) is 5.80. The smallest absolute Gasteiger partial charge is 0.230 e. The number of hydrogen-bond donors (Lipinski definition) is 1. The van der Waals surface area contributed by atoms with Crippen LogP contribution in [-0.2, 0) is 17.8 Å². The van der Waals surface area contributed by atoms with Crippen LogP contribution in [0.1, 0.15) is 31.4 Å². The van der Waals surface area contributed by atoms with E-state index >= 15 is 0 Å². The number of nitrogens with one attached hydrogen (secondary N) is 1. The van der Waals surface area contributed by atoms with Gasteiger partial charge in [-0.3, -0.25) is 4.79 Å². The first kappa shape index (κ1) is 19.7. The molecular weight excluding hydrogens is 380 g/mol. The fourth-order valence-corrected chi connectivity index (χ4v) is 4.33. The number of amides is 1. The van der Waals surface area contributed by atoms with Crippen molar-refractivity contribution in [3.63, 3.8) is 0 Å². The second kappa shape index (κ2) is 8.82. The number of aromatic nitrogens is 2. The van der Waals surface area contributed by atoms with Gasteiger partial charge < -0.3 is 10.2 Å². The Morgan fingerprint density at radius 3 is 2.72 bits per heavy atom. The summed E-state index contributed by atoms with van der Waals surface area (Å²) >= 11 is 1.48. The van der Waals surface area contributed by atoms with E-state index < -0.39 is 0 Å². The zero-order valence-electron chi connectivity index (χ0n) is 16.9. The summed E-state index contributed by atoms with van der Waals surface area (Å²) in [6.07, 6.45) is 1.92. The Morgan fingerprint density at radius 1 is 1.14 bits per heavy atom. The maximum absolute atomic E-state index is 12.3. The molecule has 0 bridgehead atoms. The molecule has 1 amide bonds. The Labute approximate surface area is 175 Å². The Morgan fingerprint density at radius 2 is 1.90 bits per heavy atom. The molecule has 3 aromatic rings. The summed E-state index contributed by atoms with van der Waals surface area (Å²) in [6, 6.07) is 16.8. The third-order valence-electron chi connectivity index (χ3n) is 5.33. The molecule has 1 atom stereocenters. The molecule has 150 valence electrons. The van der Waals surface area contributed by atoms with Gasteiger partial charge in [-0.1, -0.05) is 61.2 Å². The van der Waals surface area contributed by atoms with E-state index in [1.807, 2.05) is 31.2 Å². The van der Waals surface area contributed by atoms with Crippen molar-refractivity contribution >= 4 is 34.5 Å². The van der Waals surface area contributed by atoms with E-state index in [9.17, 15) is 4.79 Å². The van der Waals surface area contributed by atoms with E-state index in [-0.39, 0.29) is 11.9 Å². The van der Waals surface area contributed by atoms with E-state index in [1.54, 1.807) is 0 Å². The van der Waals surface area contributed by atoms with E-state index in [4.69, 9.17) is 9.97 Å². The lowest BCUT2D eigenvalue weighted by atomic mass is 10.0. The van der Waals surface area contributed by atoms with E-state index in [0.717, 1.165) is 47.8 Å². The molecule has 4 rings (SSSR count). The number of hydrogen-bond acceptors (Lipinski definition) is 5. The number of thioether (sulfide) groups is 1. The minimum absolute atomic E-state index is 0.0421. The number of anilines is 1. The average molecular weight is 407 g/mol. The van der Waals surface area contributed by atoms with Gasteiger partial charge in [0.1, 0.15) is 5.03 Å². The quantitative estimate of drug-likeness (QED) is 0.491. The first-order valence-electron chi connectivity index (χ1n) is 10.1. The largest absolute Gasteiger partial charge is 0.353 e. The SMILES string of the molecule is CC[C@@H](C)NC(=O)CSc1nc(N2CCc3ccccc3C2)nc2ccccc12. The normalized spacial score (nSPS) is 14.5. The Balaban J connectivity index is 1.59. The molecular formula is C23H26N4OS. The number of carbonyl (C=O) groups excluding carboxylic acids is 1. The number of fused-ring (bicyclic) bond motifs is 2. The number of nitrogens with zero attached hydrogens (tertiary/aromatic N) is 3. The van der Waals surface area contributed by atoms with Gasteiger partial charge in [0, 0.05) is 24.5 Å². The van der Waals surface area contributed by atoms with Crippen LogP contribution in [0.25, 0.3) is 10.9 Å². The van der Waals surface area contributed by atoms with Gasteiger partial charge in [0.15, 0.2) is 0 Å². The van der Waals surface area contributed by atoms with Crippen LogP contribution in [0.3, 0.4) is 0 Å². The van der Waals surface area contributed by atoms with Gasteiger partial charge in [0.05, 0.1) is 11.3 Å². The second-order valence-corrected chi connectivity index (χ2v) is 8.42. The van der Waals surface area contributed by atoms with Crippen molar-refractivity contribution in [1.82, 2.24) is 15.3 Å². The van der Waals surface area contributed by atoms with E-state index in [1.165, 1.54) is 22.9 Å². The highest BCUT2D eigenvalue weighted by molar-refractivity contribution is 8.00. The molecule has 0 fully saturated rings. The maximum Gasteiger partial charge on any atom is 0.230 e. The van der Waals surface area contributed by atoms with Crippen LogP contribution in [0, 0.1) is 0 Å². The molecule has 29 heavy (non-hydrogen) atoms. The standard InChI is InChI=1S/C23H26N4OS/c1-3-16(2)24-21(28)15-29-22-19-10-6-7-11-20(19)25-23(26-22)27-13-12-17-8-4-5-9-18(17)14-27/h4-11,16H,3,12-15H2,1-2H3,(H,24,28)/t16-/m1/s1. The minimum atomic E-state index is 0.0421. The van der Waals surface area contributed by atoms with Crippen LogP contribution in [-0.4, -0.2) is 34.2 Å². The zero-order chi connectivity index (χ0) is 20.2. The van der Waals surface area contributed by atoms with Crippen LogP contribution < -0.4 is 10.2 Å². The molecule has 2 heterocycles. The van der Waals surface area contributed by atoms with E-state index in [0.29, 0.717) is 5.75 Å². The van der Waals surface area contributed by atoms with Gasteiger partial charge in [-0.2, -0.15) is 0 Å². The van der Waals surface area contributed by atoms with Crippen molar-refractivity contribution < 1.29 is 4.79 Å². The summed E-state index contributed by atoms with van der Waals surface area (Å²) in [5.41, 5.74) is 3.65. The molecule has 0 radical (unpaired) electrons. The van der Waals surface area contributed by atoms with Gasteiger partial charge in [0.2, 0.25) is 11.9 Å². The van der Waals surface area contributed by atoms with Gasteiger partial charge in [-0.05, 0) is 37.0 Å². The molecule has 2 aromatic carbocycles. The van der Waals surface area contributed by atoms with Crippen molar-refractivity contribution in [2.24, 2.45) is 0 Å². The van der Waals surface area contributed by atoms with Crippen LogP contribution in [0.2, 0.25) is 0 Å². The van der Waals surface area contributed by atoms with Crippen molar-refractivity contribution in [3.8, 4) is 0 Å². The summed E-state index contributed by atoms with van der Waals surface area (Å²) < 4.78 is 0. The summed E-state index contributed by atoms with van der Waals surface area (Å²) in [5, 5.41) is 4.88. The molecule has 0 spiro atoms. The Kier molecular flexibility index (Phi) is 6.00. The zero-order valence-corrected chi connectivity index (χ0v) is 17.7.